The van der Waals surface area contributed by atoms with Gasteiger partial charge in [0.1, 0.15) is 13.2 Å². The quantitative estimate of drug-likeness (QED) is 0.0212. The number of esters is 2. The molecule has 0 fully saturated rings. The summed E-state index contributed by atoms with van der Waals surface area (Å²) >= 11 is 0. The highest BCUT2D eigenvalue weighted by Crippen LogP contribution is 2.15. The number of likely N-dealkylation sites (N-methyl/N-ethyl adjacent to an activating group) is 1. The Morgan fingerprint density at radius 3 is 1.21 bits per heavy atom. The van der Waals surface area contributed by atoms with Crippen LogP contribution >= 0.6 is 0 Å². The lowest BCUT2D eigenvalue weighted by atomic mass is 10.1. The monoisotopic (exact) mass is 865 g/mol. The zero-order valence-electron chi connectivity index (χ0n) is 40.6. The van der Waals surface area contributed by atoms with Crippen LogP contribution in [-0.4, -0.2) is 87.4 Å². The number of unbranched alkanes of at least 4 members (excludes halogenated alkanes) is 28. The van der Waals surface area contributed by atoms with Crippen molar-refractivity contribution in [2.45, 2.75) is 245 Å². The molecule has 2 unspecified atom stereocenters. The lowest BCUT2D eigenvalue weighted by Crippen LogP contribution is -2.40. The number of nitrogens with zero attached hydrogens (tertiary/aromatic N) is 1. The largest absolute Gasteiger partial charge is 0.477 e. The van der Waals surface area contributed by atoms with Gasteiger partial charge in [-0.15, -0.1) is 0 Å². The second-order valence-corrected chi connectivity index (χ2v) is 18.5. The number of carbonyl (C=O) groups is 3. The third-order valence-corrected chi connectivity index (χ3v) is 11.2. The van der Waals surface area contributed by atoms with Gasteiger partial charge in [-0.25, -0.2) is 4.79 Å². The highest BCUT2D eigenvalue weighted by atomic mass is 16.7. The first kappa shape index (κ1) is 58.8. The molecule has 0 aliphatic rings. The summed E-state index contributed by atoms with van der Waals surface area (Å²) in [5, 5.41) is 9.66. The molecule has 0 rings (SSSR count). The zero-order valence-corrected chi connectivity index (χ0v) is 40.6. The fourth-order valence-corrected chi connectivity index (χ4v) is 7.18. The van der Waals surface area contributed by atoms with Crippen molar-refractivity contribution in [3.05, 3.63) is 24.3 Å². The number of allylic oxidation sites excluding steroid dienone is 4. The Labute approximate surface area is 376 Å². The predicted molar refractivity (Wildman–Crippen MR) is 254 cm³/mol. The third kappa shape index (κ3) is 45.6. The summed E-state index contributed by atoms with van der Waals surface area (Å²) in [5.41, 5.74) is 0. The minimum Gasteiger partial charge on any atom is -0.477 e. The number of hydrogen-bond donors (Lipinski definition) is 1. The number of carboxylic acid groups (broad SMARTS) is 1. The van der Waals surface area contributed by atoms with Crippen molar-refractivity contribution in [3.8, 4) is 0 Å². The zero-order chi connectivity index (χ0) is 44.9. The Bertz CT molecular complexity index is 1050. The van der Waals surface area contributed by atoms with E-state index in [-0.39, 0.29) is 32.2 Å². The van der Waals surface area contributed by atoms with Crippen molar-refractivity contribution in [2.75, 3.05) is 47.5 Å². The molecule has 0 spiro atoms. The van der Waals surface area contributed by atoms with Crippen LogP contribution in [0.15, 0.2) is 24.3 Å². The Hall–Kier alpha value is -2.23. The van der Waals surface area contributed by atoms with Crippen LogP contribution in [0, 0.1) is 0 Å². The van der Waals surface area contributed by atoms with Gasteiger partial charge in [0.2, 0.25) is 0 Å². The van der Waals surface area contributed by atoms with Crippen molar-refractivity contribution in [1.29, 1.82) is 0 Å². The average Bonchev–Trinajstić information content (AvgIpc) is 3.22. The Kier molecular flexibility index (Phi) is 42.8. The van der Waals surface area contributed by atoms with Crippen molar-refractivity contribution in [3.63, 3.8) is 0 Å². The second kappa shape index (κ2) is 44.4. The van der Waals surface area contributed by atoms with Crippen molar-refractivity contribution < 1.29 is 42.9 Å². The number of ether oxygens (including phenoxy) is 4. The van der Waals surface area contributed by atoms with Crippen LogP contribution in [-0.2, 0) is 33.3 Å². The molecule has 1 N–H and O–H groups in total. The Balaban J connectivity index is 4.34. The maximum atomic E-state index is 12.8. The lowest BCUT2D eigenvalue weighted by molar-refractivity contribution is -0.870. The molecule has 0 aromatic carbocycles. The maximum absolute atomic E-state index is 12.8. The SMILES string of the molecule is CCCCCCCC/C=C\CCCCCCCCCCCC(=O)OC(COC(=O)CCCCCCCCC/C=C\CCCCCCCC)COC(OCC[N+](C)(C)C)C(=O)O. The van der Waals surface area contributed by atoms with Crippen molar-refractivity contribution in [1.82, 2.24) is 0 Å². The summed E-state index contributed by atoms with van der Waals surface area (Å²) in [7, 11) is 5.96. The van der Waals surface area contributed by atoms with E-state index in [0.29, 0.717) is 17.4 Å². The van der Waals surface area contributed by atoms with E-state index in [4.69, 9.17) is 18.9 Å². The molecule has 61 heavy (non-hydrogen) atoms. The first-order valence-corrected chi connectivity index (χ1v) is 25.5. The molecule has 0 saturated carbocycles. The number of quaternary nitrogens is 1. The summed E-state index contributed by atoms with van der Waals surface area (Å²) in [5.74, 6) is -2.00. The molecule has 0 aromatic heterocycles. The van der Waals surface area contributed by atoms with E-state index >= 15 is 0 Å². The maximum Gasteiger partial charge on any atom is 0.361 e. The molecule has 0 aromatic rings. The molecule has 9 heteroatoms. The third-order valence-electron chi connectivity index (χ3n) is 11.2. The van der Waals surface area contributed by atoms with Gasteiger partial charge >= 0.3 is 17.9 Å². The van der Waals surface area contributed by atoms with E-state index in [0.717, 1.165) is 38.5 Å². The summed E-state index contributed by atoms with van der Waals surface area (Å²) in [4.78, 5) is 37.2. The Morgan fingerprint density at radius 1 is 0.475 bits per heavy atom. The highest BCUT2D eigenvalue weighted by Gasteiger charge is 2.25. The number of carboxylic acids is 1. The second-order valence-electron chi connectivity index (χ2n) is 18.5. The van der Waals surface area contributed by atoms with E-state index in [2.05, 4.69) is 38.2 Å². The molecule has 358 valence electrons. The van der Waals surface area contributed by atoms with Crippen molar-refractivity contribution in [2.24, 2.45) is 0 Å². The molecule has 0 radical (unpaired) electrons. The van der Waals surface area contributed by atoms with Gasteiger partial charge in [-0.05, 0) is 64.2 Å². The molecular formula is C52H98NO8+. The fourth-order valence-electron chi connectivity index (χ4n) is 7.18. The molecule has 2 atom stereocenters. The molecule has 0 aliphatic carbocycles. The minimum atomic E-state index is -1.51. The topological polar surface area (TPSA) is 108 Å². The smallest absolute Gasteiger partial charge is 0.361 e. The van der Waals surface area contributed by atoms with Crippen LogP contribution in [0.25, 0.3) is 0 Å². The normalized spacial score (nSPS) is 13.0. The van der Waals surface area contributed by atoms with Crippen LogP contribution in [0.4, 0.5) is 0 Å². The average molecular weight is 865 g/mol. The fraction of sp³-hybridized carbons (Fsp3) is 0.865. The molecule has 9 nitrogen and oxygen atoms in total. The number of rotatable bonds is 47. The van der Waals surface area contributed by atoms with E-state index in [1.807, 2.05) is 21.1 Å². The standard InChI is InChI=1S/C52H97NO8/c1-6-8-10-12-14-16-18-20-22-24-25-27-29-31-33-35-37-39-41-43-50(55)61-48(47-60-52(51(56)57)58-45-44-53(3,4)5)46-59-49(54)42-40-38-36-34-32-30-28-26-23-21-19-17-15-13-11-9-7-2/h20-23,48,52H,6-19,24-47H2,1-5H3/p+1/b22-20-,23-21-. The van der Waals surface area contributed by atoms with Gasteiger partial charge in [0.15, 0.2) is 6.10 Å². The van der Waals surface area contributed by atoms with Gasteiger partial charge < -0.3 is 28.5 Å². The van der Waals surface area contributed by atoms with Gasteiger partial charge in [0, 0.05) is 12.8 Å². The van der Waals surface area contributed by atoms with Crippen LogP contribution in [0.3, 0.4) is 0 Å². The van der Waals surface area contributed by atoms with Gasteiger partial charge in [-0.1, -0.05) is 179 Å². The first-order chi connectivity index (χ1) is 29.6. The van der Waals surface area contributed by atoms with Crippen LogP contribution in [0.2, 0.25) is 0 Å². The van der Waals surface area contributed by atoms with Gasteiger partial charge in [-0.3, -0.25) is 9.59 Å². The highest BCUT2D eigenvalue weighted by molar-refractivity contribution is 5.71. The number of carbonyl (C=O) groups excluding carboxylic acids is 2. The van der Waals surface area contributed by atoms with E-state index in [1.54, 1.807) is 0 Å². The summed E-state index contributed by atoms with van der Waals surface area (Å²) in [6, 6.07) is 0. The molecule has 0 amide bonds. The minimum absolute atomic E-state index is 0.182. The summed E-state index contributed by atoms with van der Waals surface area (Å²) in [6.45, 7) is 4.88. The van der Waals surface area contributed by atoms with Crippen LogP contribution in [0.1, 0.15) is 232 Å². The van der Waals surface area contributed by atoms with Crippen LogP contribution < -0.4 is 0 Å². The molecular weight excluding hydrogens is 767 g/mol. The van der Waals surface area contributed by atoms with E-state index < -0.39 is 24.3 Å². The molecule has 0 heterocycles. The van der Waals surface area contributed by atoms with E-state index in [1.165, 1.54) is 167 Å². The van der Waals surface area contributed by atoms with Crippen LogP contribution in [0.5, 0.6) is 0 Å². The summed E-state index contributed by atoms with van der Waals surface area (Å²) in [6.07, 6.45) is 46.6. The first-order valence-electron chi connectivity index (χ1n) is 25.5. The van der Waals surface area contributed by atoms with Crippen molar-refractivity contribution >= 4 is 17.9 Å². The molecule has 0 saturated heterocycles. The number of hydrogen-bond acceptors (Lipinski definition) is 7. The summed E-state index contributed by atoms with van der Waals surface area (Å²) < 4.78 is 22.8. The molecule has 0 aliphatic heterocycles. The lowest BCUT2D eigenvalue weighted by Gasteiger charge is -2.25. The predicted octanol–water partition coefficient (Wildman–Crippen LogP) is 14.0. The van der Waals surface area contributed by atoms with E-state index in [9.17, 15) is 19.5 Å². The number of aliphatic carboxylic acids is 1. The van der Waals surface area contributed by atoms with Gasteiger partial charge in [0.05, 0.1) is 34.4 Å². The van der Waals surface area contributed by atoms with Gasteiger partial charge in [0.25, 0.3) is 6.29 Å². The molecule has 0 bridgehead atoms. The van der Waals surface area contributed by atoms with Gasteiger partial charge in [-0.2, -0.15) is 0 Å². The Morgan fingerprint density at radius 2 is 0.836 bits per heavy atom.